The molecule has 1 aliphatic heterocycles. The molecule has 0 saturated heterocycles. The number of carboxylic acids is 1. The summed E-state index contributed by atoms with van der Waals surface area (Å²) in [6.45, 7) is 4.11. The minimum Gasteiger partial charge on any atom is -0.481 e. The van der Waals surface area contributed by atoms with Crippen LogP contribution in [0.4, 0.5) is 0 Å². The molecule has 4 heteroatoms. The van der Waals surface area contributed by atoms with Gasteiger partial charge in [-0.3, -0.25) is 4.79 Å². The van der Waals surface area contributed by atoms with Gasteiger partial charge >= 0.3 is 5.97 Å². The summed E-state index contributed by atoms with van der Waals surface area (Å²) in [5.74, 6) is -0.575. The number of carbonyl (C=O) groups is 1. The number of rotatable bonds is 3. The highest BCUT2D eigenvalue weighted by Gasteiger charge is 2.19. The predicted octanol–water partition coefficient (Wildman–Crippen LogP) is 2.31. The zero-order chi connectivity index (χ0) is 11.7. The second kappa shape index (κ2) is 4.55. The fourth-order valence-electron chi connectivity index (χ4n) is 2.10. The molecule has 0 aliphatic carbocycles. The fraction of sp³-hybridized carbons (Fsp3) is 0.583. The first kappa shape index (κ1) is 11.6. The van der Waals surface area contributed by atoms with E-state index in [9.17, 15) is 4.79 Å². The molecule has 3 nitrogen and oxygen atoms in total. The minimum absolute atomic E-state index is 0.137. The van der Waals surface area contributed by atoms with Gasteiger partial charge in [0.05, 0.1) is 6.42 Å². The molecule has 1 aromatic heterocycles. The van der Waals surface area contributed by atoms with Gasteiger partial charge in [0, 0.05) is 28.8 Å². The Morgan fingerprint density at radius 3 is 3.12 bits per heavy atom. The molecule has 1 aromatic rings. The molecular weight excluding hydrogens is 222 g/mol. The number of hydrogen-bond acceptors (Lipinski definition) is 3. The quantitative estimate of drug-likeness (QED) is 0.880. The van der Waals surface area contributed by atoms with E-state index in [1.807, 2.05) is 6.92 Å². The molecular formula is C12H17NO2S. The summed E-state index contributed by atoms with van der Waals surface area (Å²) < 4.78 is 0. The van der Waals surface area contributed by atoms with E-state index in [-0.39, 0.29) is 12.3 Å². The van der Waals surface area contributed by atoms with Crippen LogP contribution in [0.1, 0.15) is 34.6 Å². The van der Waals surface area contributed by atoms with E-state index in [0.29, 0.717) is 0 Å². The van der Waals surface area contributed by atoms with Gasteiger partial charge in [-0.05, 0) is 25.1 Å². The van der Waals surface area contributed by atoms with Crippen LogP contribution < -0.4 is 0 Å². The lowest BCUT2D eigenvalue weighted by Gasteiger charge is -2.21. The van der Waals surface area contributed by atoms with Crippen molar-refractivity contribution in [2.45, 2.75) is 32.2 Å². The third-order valence-corrected chi connectivity index (χ3v) is 4.51. The molecule has 0 spiro atoms. The van der Waals surface area contributed by atoms with Crippen LogP contribution in [0.3, 0.4) is 0 Å². The van der Waals surface area contributed by atoms with Crippen LogP contribution in [0.2, 0.25) is 0 Å². The first-order valence-electron chi connectivity index (χ1n) is 5.58. The van der Waals surface area contributed by atoms with Gasteiger partial charge in [-0.2, -0.15) is 0 Å². The summed E-state index contributed by atoms with van der Waals surface area (Å²) in [6.07, 6.45) is 1.34. The van der Waals surface area contributed by atoms with Gasteiger partial charge < -0.3 is 10.0 Å². The van der Waals surface area contributed by atoms with E-state index in [4.69, 9.17) is 5.11 Å². The first-order valence-corrected chi connectivity index (χ1v) is 6.39. The van der Waals surface area contributed by atoms with Gasteiger partial charge in [0.1, 0.15) is 0 Å². The summed E-state index contributed by atoms with van der Waals surface area (Å²) in [6, 6.07) is 2.20. The van der Waals surface area contributed by atoms with Crippen LogP contribution >= 0.6 is 11.3 Å². The molecule has 0 saturated carbocycles. The molecule has 2 rings (SSSR count). The van der Waals surface area contributed by atoms with Crippen molar-refractivity contribution in [3.63, 3.8) is 0 Å². The van der Waals surface area contributed by atoms with Crippen molar-refractivity contribution >= 4 is 17.3 Å². The van der Waals surface area contributed by atoms with E-state index in [1.54, 1.807) is 11.3 Å². The first-order chi connectivity index (χ1) is 7.56. The van der Waals surface area contributed by atoms with Crippen LogP contribution in [-0.4, -0.2) is 29.6 Å². The second-order valence-corrected chi connectivity index (χ2v) is 5.75. The molecule has 0 amide bonds. The van der Waals surface area contributed by atoms with Crippen molar-refractivity contribution in [3.8, 4) is 0 Å². The lowest BCUT2D eigenvalue weighted by atomic mass is 10.0. The van der Waals surface area contributed by atoms with Crippen molar-refractivity contribution in [1.29, 1.82) is 0 Å². The van der Waals surface area contributed by atoms with Crippen LogP contribution in [0.25, 0.3) is 0 Å². The van der Waals surface area contributed by atoms with Gasteiger partial charge in [-0.25, -0.2) is 0 Å². The Morgan fingerprint density at radius 2 is 2.44 bits per heavy atom. The Bertz CT molecular complexity index is 400. The predicted molar refractivity (Wildman–Crippen MR) is 65.0 cm³/mol. The lowest BCUT2D eigenvalue weighted by Crippen LogP contribution is -2.25. The molecule has 1 unspecified atom stereocenters. The van der Waals surface area contributed by atoms with Crippen LogP contribution in [0, 0.1) is 0 Å². The largest absolute Gasteiger partial charge is 0.481 e. The number of nitrogens with zero attached hydrogens (tertiary/aromatic N) is 1. The topological polar surface area (TPSA) is 40.5 Å². The van der Waals surface area contributed by atoms with Crippen molar-refractivity contribution in [1.82, 2.24) is 4.90 Å². The highest BCUT2D eigenvalue weighted by molar-refractivity contribution is 7.12. The Hall–Kier alpha value is -0.870. The van der Waals surface area contributed by atoms with E-state index < -0.39 is 5.97 Å². The maximum absolute atomic E-state index is 10.7. The molecule has 0 aromatic carbocycles. The average Bonchev–Trinajstić information content (AvgIpc) is 2.59. The summed E-state index contributed by atoms with van der Waals surface area (Å²) in [5.41, 5.74) is 1.39. The molecule has 1 aliphatic rings. The fourth-order valence-corrected chi connectivity index (χ4v) is 3.32. The van der Waals surface area contributed by atoms with Crippen LogP contribution in [0.15, 0.2) is 6.07 Å². The summed E-state index contributed by atoms with van der Waals surface area (Å²) >= 11 is 1.80. The van der Waals surface area contributed by atoms with Crippen molar-refractivity contribution < 1.29 is 9.90 Å². The van der Waals surface area contributed by atoms with Gasteiger partial charge in [-0.1, -0.05) is 6.92 Å². The smallest absolute Gasteiger partial charge is 0.303 e. The molecule has 1 N–H and O–H groups in total. The van der Waals surface area contributed by atoms with Gasteiger partial charge in [-0.15, -0.1) is 11.3 Å². The Kier molecular flexibility index (Phi) is 3.30. The average molecular weight is 239 g/mol. The summed E-state index contributed by atoms with van der Waals surface area (Å²) in [5, 5.41) is 8.79. The summed E-state index contributed by atoms with van der Waals surface area (Å²) in [7, 11) is 2.13. The lowest BCUT2D eigenvalue weighted by molar-refractivity contribution is -0.137. The molecule has 88 valence electrons. The standard InChI is InChI=1S/C12H17NO2S/c1-8(5-12(14)15)11-6-9-7-13(2)4-3-10(9)16-11/h6,8H,3-5,7H2,1-2H3,(H,14,15). The monoisotopic (exact) mass is 239 g/mol. The molecule has 0 radical (unpaired) electrons. The van der Waals surface area contributed by atoms with Gasteiger partial charge in [0.25, 0.3) is 0 Å². The molecule has 2 heterocycles. The number of likely N-dealkylation sites (N-methyl/N-ethyl adjacent to an activating group) is 1. The number of fused-ring (bicyclic) bond motifs is 1. The normalized spacial score (nSPS) is 18.1. The molecule has 16 heavy (non-hydrogen) atoms. The Labute approximate surface area is 99.7 Å². The Balaban J connectivity index is 2.15. The number of thiophene rings is 1. The molecule has 0 fully saturated rings. The van der Waals surface area contributed by atoms with Crippen molar-refractivity contribution in [2.75, 3.05) is 13.6 Å². The zero-order valence-electron chi connectivity index (χ0n) is 9.69. The number of hydrogen-bond donors (Lipinski definition) is 1. The summed E-state index contributed by atoms with van der Waals surface area (Å²) in [4.78, 5) is 15.7. The van der Waals surface area contributed by atoms with Crippen molar-refractivity contribution in [3.05, 3.63) is 21.4 Å². The molecule has 1 atom stereocenters. The zero-order valence-corrected chi connectivity index (χ0v) is 10.5. The maximum Gasteiger partial charge on any atom is 0.303 e. The van der Waals surface area contributed by atoms with Crippen LogP contribution in [0.5, 0.6) is 0 Å². The maximum atomic E-state index is 10.7. The molecule has 0 bridgehead atoms. The van der Waals surface area contributed by atoms with E-state index in [1.165, 1.54) is 15.3 Å². The van der Waals surface area contributed by atoms with E-state index in [2.05, 4.69) is 18.0 Å². The second-order valence-electron chi connectivity index (χ2n) is 4.58. The number of aliphatic carboxylic acids is 1. The van der Waals surface area contributed by atoms with Crippen LogP contribution in [-0.2, 0) is 17.8 Å². The van der Waals surface area contributed by atoms with Crippen molar-refractivity contribution in [2.24, 2.45) is 0 Å². The van der Waals surface area contributed by atoms with E-state index >= 15 is 0 Å². The van der Waals surface area contributed by atoms with Gasteiger partial charge in [0.15, 0.2) is 0 Å². The van der Waals surface area contributed by atoms with Gasteiger partial charge in [0.2, 0.25) is 0 Å². The minimum atomic E-state index is -0.712. The highest BCUT2D eigenvalue weighted by atomic mass is 32.1. The number of carboxylic acid groups (broad SMARTS) is 1. The Morgan fingerprint density at radius 1 is 1.69 bits per heavy atom. The third kappa shape index (κ3) is 2.44. The SMILES string of the molecule is CC(CC(=O)O)c1cc2c(s1)CCN(C)C2. The van der Waals surface area contributed by atoms with E-state index in [0.717, 1.165) is 19.5 Å². The third-order valence-electron chi connectivity index (χ3n) is 3.04. The highest BCUT2D eigenvalue weighted by Crippen LogP contribution is 2.33.